The molecule has 1 aromatic carbocycles. The van der Waals surface area contributed by atoms with E-state index in [0.29, 0.717) is 5.92 Å². The summed E-state index contributed by atoms with van der Waals surface area (Å²) < 4.78 is 0. The smallest absolute Gasteiger partial charge is 0.0741 e. The first kappa shape index (κ1) is 15.1. The average molecular weight is 291 g/mol. The predicted octanol–water partition coefficient (Wildman–Crippen LogP) is 5.45. The zero-order valence-corrected chi connectivity index (χ0v) is 13.7. The average Bonchev–Trinajstić information content (AvgIpc) is 2.37. The lowest BCUT2D eigenvalue weighted by atomic mass is 9.96. The Balaban J connectivity index is 2.77. The van der Waals surface area contributed by atoms with Crippen molar-refractivity contribution in [1.29, 1.82) is 0 Å². The normalized spacial score (nSPS) is 11.3. The first-order valence-electron chi connectivity index (χ1n) is 7.29. The first-order valence-corrected chi connectivity index (χ1v) is 7.67. The third-order valence-corrected chi connectivity index (χ3v) is 4.03. The molecule has 0 radical (unpaired) electrons. The molecule has 1 aromatic heterocycles. The SMILES string of the molecule is CCCNc1c(C(C)C)c(C)nc2cc(Cl)c(C)cc12. The quantitative estimate of drug-likeness (QED) is 0.810. The highest BCUT2D eigenvalue weighted by atomic mass is 35.5. The summed E-state index contributed by atoms with van der Waals surface area (Å²) in [5.41, 5.74) is 5.70. The lowest BCUT2D eigenvalue weighted by Crippen LogP contribution is -2.08. The van der Waals surface area contributed by atoms with Gasteiger partial charge in [0.05, 0.1) is 5.52 Å². The summed E-state index contributed by atoms with van der Waals surface area (Å²) in [6.45, 7) is 11.7. The summed E-state index contributed by atoms with van der Waals surface area (Å²) in [4.78, 5) is 4.74. The number of anilines is 1. The largest absolute Gasteiger partial charge is 0.384 e. The van der Waals surface area contributed by atoms with Gasteiger partial charge in [-0.05, 0) is 49.4 Å². The van der Waals surface area contributed by atoms with Crippen LogP contribution >= 0.6 is 11.6 Å². The minimum atomic E-state index is 0.447. The molecule has 0 saturated heterocycles. The number of rotatable bonds is 4. The lowest BCUT2D eigenvalue weighted by Gasteiger charge is -2.20. The molecule has 108 valence electrons. The van der Waals surface area contributed by atoms with Crippen LogP contribution in [-0.4, -0.2) is 11.5 Å². The Kier molecular flexibility index (Phi) is 4.54. The van der Waals surface area contributed by atoms with E-state index in [2.05, 4.69) is 39.1 Å². The fourth-order valence-corrected chi connectivity index (χ4v) is 2.84. The van der Waals surface area contributed by atoms with Gasteiger partial charge < -0.3 is 5.32 Å². The van der Waals surface area contributed by atoms with Gasteiger partial charge in [0.1, 0.15) is 0 Å². The summed E-state index contributed by atoms with van der Waals surface area (Å²) in [6, 6.07) is 4.12. The molecule has 0 aliphatic carbocycles. The van der Waals surface area contributed by atoms with Gasteiger partial charge in [-0.25, -0.2) is 0 Å². The summed E-state index contributed by atoms with van der Waals surface area (Å²) in [6.07, 6.45) is 1.10. The molecule has 0 fully saturated rings. The summed E-state index contributed by atoms with van der Waals surface area (Å²) in [5.74, 6) is 0.447. The van der Waals surface area contributed by atoms with Gasteiger partial charge in [-0.2, -0.15) is 0 Å². The van der Waals surface area contributed by atoms with E-state index in [0.717, 1.165) is 34.8 Å². The van der Waals surface area contributed by atoms with Gasteiger partial charge in [-0.1, -0.05) is 32.4 Å². The molecule has 0 unspecified atom stereocenters. The van der Waals surface area contributed by atoms with Crippen molar-refractivity contribution in [3.05, 3.63) is 34.0 Å². The van der Waals surface area contributed by atoms with Crippen LogP contribution in [0.25, 0.3) is 10.9 Å². The molecular formula is C17H23ClN2. The van der Waals surface area contributed by atoms with Crippen LogP contribution < -0.4 is 5.32 Å². The van der Waals surface area contributed by atoms with Crippen LogP contribution in [0.1, 0.15) is 49.9 Å². The highest BCUT2D eigenvalue weighted by Crippen LogP contribution is 2.35. The molecule has 2 aromatic rings. The second kappa shape index (κ2) is 6.01. The minimum absolute atomic E-state index is 0.447. The van der Waals surface area contributed by atoms with Gasteiger partial charge in [0.2, 0.25) is 0 Å². The van der Waals surface area contributed by atoms with E-state index in [1.807, 2.05) is 13.0 Å². The molecule has 0 spiro atoms. The molecule has 0 atom stereocenters. The monoisotopic (exact) mass is 290 g/mol. The standard InChI is InChI=1S/C17H23ClN2/c1-6-7-19-17-13-8-11(4)14(18)9-15(13)20-12(5)16(17)10(2)3/h8-10H,6-7H2,1-5H3,(H,19,20). The maximum Gasteiger partial charge on any atom is 0.0741 e. The fourth-order valence-electron chi connectivity index (χ4n) is 2.68. The first-order chi connectivity index (χ1) is 9.45. The third-order valence-electron chi connectivity index (χ3n) is 3.62. The molecule has 20 heavy (non-hydrogen) atoms. The third kappa shape index (κ3) is 2.76. The van der Waals surface area contributed by atoms with Gasteiger partial charge in [0.15, 0.2) is 0 Å². The Morgan fingerprint density at radius 1 is 1.25 bits per heavy atom. The van der Waals surface area contributed by atoms with Crippen molar-refractivity contribution in [3.63, 3.8) is 0 Å². The molecular weight excluding hydrogens is 268 g/mol. The predicted molar refractivity (Wildman–Crippen MR) is 89.1 cm³/mol. The van der Waals surface area contributed by atoms with Crippen LogP contribution in [0.2, 0.25) is 5.02 Å². The number of halogens is 1. The van der Waals surface area contributed by atoms with Crippen molar-refractivity contribution in [2.24, 2.45) is 0 Å². The van der Waals surface area contributed by atoms with Crippen LogP contribution in [0, 0.1) is 13.8 Å². The summed E-state index contributed by atoms with van der Waals surface area (Å²) in [5, 5.41) is 5.55. The van der Waals surface area contributed by atoms with Gasteiger partial charge >= 0.3 is 0 Å². The van der Waals surface area contributed by atoms with Crippen LogP contribution in [0.4, 0.5) is 5.69 Å². The van der Waals surface area contributed by atoms with Crippen LogP contribution in [0.5, 0.6) is 0 Å². The van der Waals surface area contributed by atoms with E-state index in [4.69, 9.17) is 16.6 Å². The van der Waals surface area contributed by atoms with Crippen LogP contribution in [-0.2, 0) is 0 Å². The molecule has 0 aliphatic heterocycles. The molecule has 0 aliphatic rings. The zero-order chi connectivity index (χ0) is 14.9. The van der Waals surface area contributed by atoms with E-state index in [-0.39, 0.29) is 0 Å². The Morgan fingerprint density at radius 2 is 1.95 bits per heavy atom. The van der Waals surface area contributed by atoms with E-state index < -0.39 is 0 Å². The van der Waals surface area contributed by atoms with Crippen molar-refractivity contribution in [3.8, 4) is 0 Å². The summed E-state index contributed by atoms with van der Waals surface area (Å²) >= 11 is 6.24. The van der Waals surface area contributed by atoms with Crippen molar-refractivity contribution in [1.82, 2.24) is 4.98 Å². The number of hydrogen-bond acceptors (Lipinski definition) is 2. The zero-order valence-electron chi connectivity index (χ0n) is 13.0. The number of aromatic nitrogens is 1. The van der Waals surface area contributed by atoms with Gasteiger partial charge in [-0.3, -0.25) is 4.98 Å². The molecule has 0 saturated carbocycles. The van der Waals surface area contributed by atoms with E-state index >= 15 is 0 Å². The number of fused-ring (bicyclic) bond motifs is 1. The Morgan fingerprint density at radius 3 is 2.55 bits per heavy atom. The highest BCUT2D eigenvalue weighted by molar-refractivity contribution is 6.32. The molecule has 1 N–H and O–H groups in total. The number of aryl methyl sites for hydroxylation is 2. The second-order valence-corrected chi connectivity index (χ2v) is 6.09. The maximum absolute atomic E-state index is 6.24. The number of nitrogens with zero attached hydrogens (tertiary/aromatic N) is 1. The van der Waals surface area contributed by atoms with Gasteiger partial charge in [-0.15, -0.1) is 0 Å². The molecule has 0 bridgehead atoms. The van der Waals surface area contributed by atoms with E-state index in [1.54, 1.807) is 0 Å². The number of pyridine rings is 1. The van der Waals surface area contributed by atoms with E-state index in [1.165, 1.54) is 16.6 Å². The van der Waals surface area contributed by atoms with Crippen molar-refractivity contribution in [2.45, 2.75) is 47.0 Å². The highest BCUT2D eigenvalue weighted by Gasteiger charge is 2.16. The maximum atomic E-state index is 6.24. The van der Waals surface area contributed by atoms with E-state index in [9.17, 15) is 0 Å². The fraction of sp³-hybridized carbons (Fsp3) is 0.471. The van der Waals surface area contributed by atoms with Crippen LogP contribution in [0.3, 0.4) is 0 Å². The molecule has 2 nitrogen and oxygen atoms in total. The topological polar surface area (TPSA) is 24.9 Å². The molecule has 1 heterocycles. The Bertz CT molecular complexity index is 633. The second-order valence-electron chi connectivity index (χ2n) is 5.69. The van der Waals surface area contributed by atoms with Crippen molar-refractivity contribution >= 4 is 28.2 Å². The van der Waals surface area contributed by atoms with Crippen molar-refractivity contribution < 1.29 is 0 Å². The molecule has 3 heteroatoms. The van der Waals surface area contributed by atoms with Crippen molar-refractivity contribution in [2.75, 3.05) is 11.9 Å². The number of nitrogens with one attached hydrogen (secondary N) is 1. The van der Waals surface area contributed by atoms with Gasteiger partial charge in [0, 0.05) is 28.3 Å². The number of hydrogen-bond donors (Lipinski definition) is 1. The lowest BCUT2D eigenvalue weighted by molar-refractivity contribution is 0.844. The minimum Gasteiger partial charge on any atom is -0.384 e. The Hall–Kier alpha value is -1.28. The summed E-state index contributed by atoms with van der Waals surface area (Å²) in [7, 11) is 0. The molecule has 0 amide bonds. The van der Waals surface area contributed by atoms with Crippen LogP contribution in [0.15, 0.2) is 12.1 Å². The van der Waals surface area contributed by atoms with Gasteiger partial charge in [0.25, 0.3) is 0 Å². The number of benzene rings is 1. The molecule has 2 rings (SSSR count). The Labute approximate surface area is 126 Å².